The molecule has 2 aliphatic rings. The van der Waals surface area contributed by atoms with E-state index in [0.717, 1.165) is 11.1 Å². The van der Waals surface area contributed by atoms with Gasteiger partial charge >= 0.3 is 5.97 Å². The number of carbonyl (C=O) groups excluding carboxylic acids is 1. The first-order chi connectivity index (χ1) is 13.7. The zero-order valence-electron chi connectivity index (χ0n) is 15.8. The van der Waals surface area contributed by atoms with Crippen LogP contribution in [0.4, 0.5) is 0 Å². The molecule has 2 saturated heterocycles. The summed E-state index contributed by atoms with van der Waals surface area (Å²) >= 11 is 0. The van der Waals surface area contributed by atoms with Crippen LogP contribution in [0, 0.1) is 0 Å². The highest BCUT2D eigenvalue weighted by Crippen LogP contribution is 2.35. The fraction of sp³-hybridized carbons (Fsp3) is 0.409. The van der Waals surface area contributed by atoms with Crippen LogP contribution in [-0.4, -0.2) is 43.2 Å². The first-order valence-corrected chi connectivity index (χ1v) is 9.60. The Morgan fingerprint density at radius 1 is 1.04 bits per heavy atom. The minimum Gasteiger partial charge on any atom is -0.460 e. The molecule has 2 heterocycles. The number of hydrogen-bond donors (Lipinski definition) is 1. The summed E-state index contributed by atoms with van der Waals surface area (Å²) < 4.78 is 22.8. The molecule has 6 nitrogen and oxygen atoms in total. The van der Waals surface area contributed by atoms with E-state index in [4.69, 9.17) is 18.9 Å². The van der Waals surface area contributed by atoms with Gasteiger partial charge < -0.3 is 18.9 Å². The number of rotatable bonds is 8. The lowest BCUT2D eigenvalue weighted by atomic mass is 10.1. The molecule has 2 aliphatic heterocycles. The smallest absolute Gasteiger partial charge is 0.323 e. The van der Waals surface area contributed by atoms with Gasteiger partial charge in [-0.1, -0.05) is 60.7 Å². The largest absolute Gasteiger partial charge is 0.460 e. The molecule has 0 unspecified atom stereocenters. The van der Waals surface area contributed by atoms with Gasteiger partial charge in [0.25, 0.3) is 0 Å². The van der Waals surface area contributed by atoms with Crippen LogP contribution in [0.3, 0.4) is 0 Å². The number of carbonyl (C=O) groups is 1. The molecule has 0 aliphatic carbocycles. The van der Waals surface area contributed by atoms with Crippen molar-refractivity contribution in [2.24, 2.45) is 0 Å². The fourth-order valence-electron chi connectivity index (χ4n) is 3.35. The molecule has 4 rings (SSSR count). The summed E-state index contributed by atoms with van der Waals surface area (Å²) in [5.41, 5.74) is 2.06. The summed E-state index contributed by atoms with van der Waals surface area (Å²) in [6.07, 6.45) is -0.468. The fourth-order valence-corrected chi connectivity index (χ4v) is 3.35. The maximum atomic E-state index is 12.2. The van der Waals surface area contributed by atoms with Gasteiger partial charge in [-0.25, -0.2) is 0 Å². The second-order valence-electron chi connectivity index (χ2n) is 7.15. The van der Waals surface area contributed by atoms with Crippen molar-refractivity contribution < 1.29 is 23.7 Å². The summed E-state index contributed by atoms with van der Waals surface area (Å²) in [4.78, 5) is 12.2. The maximum absolute atomic E-state index is 12.2. The van der Waals surface area contributed by atoms with Gasteiger partial charge in [0.05, 0.1) is 19.3 Å². The quantitative estimate of drug-likeness (QED) is 0.558. The van der Waals surface area contributed by atoms with Gasteiger partial charge in [-0.05, 0) is 18.1 Å². The lowest BCUT2D eigenvalue weighted by Gasteiger charge is -2.27. The van der Waals surface area contributed by atoms with Gasteiger partial charge in [-0.3, -0.25) is 10.1 Å². The highest BCUT2D eigenvalue weighted by molar-refractivity contribution is 5.75. The molecule has 1 N–H and O–H groups in total. The molecule has 0 saturated carbocycles. The van der Waals surface area contributed by atoms with Gasteiger partial charge in [-0.2, -0.15) is 0 Å². The van der Waals surface area contributed by atoms with E-state index in [-0.39, 0.29) is 37.1 Å². The molecular weight excluding hydrogens is 358 g/mol. The topological polar surface area (TPSA) is 69.3 Å². The van der Waals surface area contributed by atoms with Crippen LogP contribution < -0.4 is 5.32 Å². The number of benzene rings is 2. The lowest BCUT2D eigenvalue weighted by Crippen LogP contribution is -2.51. The molecule has 6 heteroatoms. The van der Waals surface area contributed by atoms with Crippen molar-refractivity contribution in [3.8, 4) is 0 Å². The summed E-state index contributed by atoms with van der Waals surface area (Å²) in [7, 11) is 0. The van der Waals surface area contributed by atoms with Crippen molar-refractivity contribution in [2.45, 2.75) is 50.7 Å². The SMILES string of the molecule is C[C@H](N[C@H]1CO[C@H](OCc2ccccc2)[C@@H]2O[C@@H]21)C(=O)OCc1ccccc1. The molecule has 28 heavy (non-hydrogen) atoms. The second-order valence-corrected chi connectivity index (χ2v) is 7.15. The van der Waals surface area contributed by atoms with Crippen LogP contribution in [0.2, 0.25) is 0 Å². The third-order valence-electron chi connectivity index (χ3n) is 4.96. The Hall–Kier alpha value is -2.25. The summed E-state index contributed by atoms with van der Waals surface area (Å²) in [6, 6.07) is 19.1. The van der Waals surface area contributed by atoms with E-state index in [1.807, 2.05) is 60.7 Å². The third kappa shape index (κ3) is 4.77. The minimum atomic E-state index is -0.441. The van der Waals surface area contributed by atoms with Crippen LogP contribution in [0.5, 0.6) is 0 Å². The molecule has 2 aromatic carbocycles. The lowest BCUT2D eigenvalue weighted by molar-refractivity contribution is -0.171. The Labute approximate surface area is 164 Å². The van der Waals surface area contributed by atoms with E-state index in [1.54, 1.807) is 6.92 Å². The second kappa shape index (κ2) is 8.84. The zero-order chi connectivity index (χ0) is 19.3. The van der Waals surface area contributed by atoms with Crippen LogP contribution in [0.25, 0.3) is 0 Å². The third-order valence-corrected chi connectivity index (χ3v) is 4.96. The number of nitrogens with one attached hydrogen (secondary N) is 1. The molecule has 148 valence electrons. The van der Waals surface area contributed by atoms with Crippen molar-refractivity contribution in [2.75, 3.05) is 6.61 Å². The predicted octanol–water partition coefficient (Wildman–Crippen LogP) is 2.42. The van der Waals surface area contributed by atoms with Crippen molar-refractivity contribution in [1.29, 1.82) is 0 Å². The Balaban J connectivity index is 1.20. The molecule has 0 spiro atoms. The molecular formula is C22H25NO5. The monoisotopic (exact) mass is 383 g/mol. The van der Waals surface area contributed by atoms with E-state index in [1.165, 1.54) is 0 Å². The van der Waals surface area contributed by atoms with E-state index >= 15 is 0 Å². The summed E-state index contributed by atoms with van der Waals surface area (Å²) in [5, 5.41) is 3.26. The average Bonchev–Trinajstić information content (AvgIpc) is 3.54. The summed E-state index contributed by atoms with van der Waals surface area (Å²) in [5.74, 6) is -0.288. The molecule has 0 aromatic heterocycles. The number of epoxide rings is 1. The highest BCUT2D eigenvalue weighted by Gasteiger charge is 2.55. The number of ether oxygens (including phenoxy) is 4. The Morgan fingerprint density at radius 2 is 1.68 bits per heavy atom. The van der Waals surface area contributed by atoms with E-state index < -0.39 is 6.04 Å². The summed E-state index contributed by atoms with van der Waals surface area (Å²) in [6.45, 7) is 2.98. The normalized spacial score (nSPS) is 26.9. The predicted molar refractivity (Wildman–Crippen MR) is 102 cm³/mol. The molecule has 0 amide bonds. The standard InChI is InChI=1S/C22H25NO5/c1-15(21(24)25-12-16-8-4-2-5-9-16)23-18-14-27-22(20-19(18)28-20)26-13-17-10-6-3-7-11-17/h2-11,15,18-20,22-23H,12-14H2,1H3/t15-,18-,19+,20+,22-/m0/s1. The number of esters is 1. The average molecular weight is 383 g/mol. The maximum Gasteiger partial charge on any atom is 0.323 e. The minimum absolute atomic E-state index is 0.00102. The van der Waals surface area contributed by atoms with Crippen molar-refractivity contribution in [1.82, 2.24) is 5.32 Å². The number of hydrogen-bond acceptors (Lipinski definition) is 6. The van der Waals surface area contributed by atoms with Gasteiger partial charge in [0.15, 0.2) is 6.29 Å². The Kier molecular flexibility index (Phi) is 6.02. The first-order valence-electron chi connectivity index (χ1n) is 9.60. The zero-order valence-corrected chi connectivity index (χ0v) is 15.8. The van der Waals surface area contributed by atoms with Gasteiger partial charge in [0, 0.05) is 0 Å². The van der Waals surface area contributed by atoms with Gasteiger partial charge in [0.2, 0.25) is 0 Å². The first kappa shape index (κ1) is 19.1. The number of fused-ring (bicyclic) bond motifs is 1. The van der Waals surface area contributed by atoms with E-state index in [0.29, 0.717) is 13.2 Å². The molecule has 2 fully saturated rings. The van der Waals surface area contributed by atoms with Crippen molar-refractivity contribution in [3.63, 3.8) is 0 Å². The van der Waals surface area contributed by atoms with Crippen LogP contribution in [0.15, 0.2) is 60.7 Å². The van der Waals surface area contributed by atoms with E-state index in [9.17, 15) is 4.79 Å². The molecule has 5 atom stereocenters. The van der Waals surface area contributed by atoms with Crippen LogP contribution >= 0.6 is 0 Å². The molecule has 2 aromatic rings. The van der Waals surface area contributed by atoms with Gasteiger partial charge in [-0.15, -0.1) is 0 Å². The Bertz CT molecular complexity index is 769. The Morgan fingerprint density at radius 3 is 2.36 bits per heavy atom. The van der Waals surface area contributed by atoms with E-state index in [2.05, 4.69) is 5.32 Å². The van der Waals surface area contributed by atoms with Gasteiger partial charge in [0.1, 0.15) is 24.9 Å². The van der Waals surface area contributed by atoms with Crippen molar-refractivity contribution in [3.05, 3.63) is 71.8 Å². The highest BCUT2D eigenvalue weighted by atomic mass is 16.7. The van der Waals surface area contributed by atoms with Crippen molar-refractivity contribution >= 4 is 5.97 Å². The van der Waals surface area contributed by atoms with Crippen LogP contribution in [0.1, 0.15) is 18.1 Å². The molecule has 0 radical (unpaired) electrons. The van der Waals surface area contributed by atoms with Crippen LogP contribution in [-0.2, 0) is 37.0 Å². The molecule has 0 bridgehead atoms.